The number of carbonyl (C=O) groups is 1. The van der Waals surface area contributed by atoms with Crippen LogP contribution in [0, 0.1) is 5.82 Å². The van der Waals surface area contributed by atoms with Crippen molar-refractivity contribution in [2.24, 2.45) is 0 Å². The molecule has 0 aromatic heterocycles. The second-order valence-electron chi connectivity index (χ2n) is 6.72. The van der Waals surface area contributed by atoms with Gasteiger partial charge in [-0.15, -0.1) is 0 Å². The highest BCUT2D eigenvalue weighted by Gasteiger charge is 2.29. The molecule has 0 unspecified atom stereocenters. The van der Waals surface area contributed by atoms with Gasteiger partial charge in [-0.3, -0.25) is 4.79 Å². The number of hydrogen-bond acceptors (Lipinski definition) is 5. The van der Waals surface area contributed by atoms with E-state index in [4.69, 9.17) is 14.2 Å². The highest BCUT2D eigenvalue weighted by Crippen LogP contribution is 2.41. The summed E-state index contributed by atoms with van der Waals surface area (Å²) in [5, 5.41) is 3.41. The summed E-state index contributed by atoms with van der Waals surface area (Å²) in [5.74, 6) is 1.71. The summed E-state index contributed by atoms with van der Waals surface area (Å²) in [6.07, 6.45) is 0.428. The maximum absolute atomic E-state index is 13.3. The Balaban J connectivity index is 1.36. The molecule has 0 saturated carbocycles. The molecule has 1 N–H and O–H groups in total. The van der Waals surface area contributed by atoms with Gasteiger partial charge in [-0.25, -0.2) is 4.39 Å². The summed E-state index contributed by atoms with van der Waals surface area (Å²) in [4.78, 5) is 14.0. The molecule has 1 fully saturated rings. The minimum atomic E-state index is -0.287. The summed E-state index contributed by atoms with van der Waals surface area (Å²) >= 11 is 0. The van der Waals surface area contributed by atoms with Crippen LogP contribution in [0.5, 0.6) is 17.2 Å². The Morgan fingerprint density at radius 2 is 2.15 bits per heavy atom. The molecule has 27 heavy (non-hydrogen) atoms. The van der Waals surface area contributed by atoms with E-state index in [1.165, 1.54) is 12.1 Å². The first-order chi connectivity index (χ1) is 13.1. The molecule has 1 saturated heterocycles. The van der Waals surface area contributed by atoms with Crippen LogP contribution < -0.4 is 19.5 Å². The van der Waals surface area contributed by atoms with Crippen molar-refractivity contribution in [1.82, 2.24) is 10.2 Å². The Hall–Kier alpha value is -2.80. The minimum Gasteiger partial charge on any atom is -0.493 e. The molecule has 0 radical (unpaired) electrons. The fourth-order valence-electron chi connectivity index (χ4n) is 3.47. The first-order valence-electron chi connectivity index (χ1n) is 8.84. The molecule has 142 valence electrons. The van der Waals surface area contributed by atoms with Gasteiger partial charge in [-0.1, -0.05) is 12.1 Å². The van der Waals surface area contributed by atoms with Gasteiger partial charge < -0.3 is 24.4 Å². The second-order valence-corrected chi connectivity index (χ2v) is 6.72. The maximum atomic E-state index is 13.3. The summed E-state index contributed by atoms with van der Waals surface area (Å²) in [6.45, 7) is 1.79. The number of methoxy groups -OCH3 is 1. The summed E-state index contributed by atoms with van der Waals surface area (Å²) in [5.41, 5.74) is 1.79. The maximum Gasteiger partial charge on any atom is 0.231 e. The topological polar surface area (TPSA) is 60.0 Å². The molecule has 7 heteroatoms. The third-order valence-corrected chi connectivity index (χ3v) is 4.79. The lowest BCUT2D eigenvalue weighted by molar-refractivity contribution is -0.128. The summed E-state index contributed by atoms with van der Waals surface area (Å²) in [6, 6.07) is 10.2. The van der Waals surface area contributed by atoms with Crippen molar-refractivity contribution >= 4 is 5.91 Å². The zero-order chi connectivity index (χ0) is 18.8. The van der Waals surface area contributed by atoms with E-state index in [0.717, 1.165) is 11.1 Å². The third kappa shape index (κ3) is 3.83. The van der Waals surface area contributed by atoms with Gasteiger partial charge in [-0.2, -0.15) is 0 Å². The van der Waals surface area contributed by atoms with E-state index in [1.807, 2.05) is 18.2 Å². The SMILES string of the molecule is COc1cc(CN[C@@H]2CC(=O)N(Cc3cccc(F)c3)C2)cc2c1OCO2. The van der Waals surface area contributed by atoms with Gasteiger partial charge in [-0.05, 0) is 35.4 Å². The van der Waals surface area contributed by atoms with Gasteiger partial charge in [0.1, 0.15) is 5.82 Å². The third-order valence-electron chi connectivity index (χ3n) is 4.79. The van der Waals surface area contributed by atoms with Crippen molar-refractivity contribution in [3.63, 3.8) is 0 Å². The smallest absolute Gasteiger partial charge is 0.231 e. The van der Waals surface area contributed by atoms with Crippen molar-refractivity contribution in [2.45, 2.75) is 25.6 Å². The van der Waals surface area contributed by atoms with Crippen LogP contribution in [0.2, 0.25) is 0 Å². The number of hydrogen-bond donors (Lipinski definition) is 1. The molecule has 2 aliphatic heterocycles. The van der Waals surface area contributed by atoms with Gasteiger partial charge in [0, 0.05) is 32.1 Å². The fraction of sp³-hybridized carbons (Fsp3) is 0.350. The van der Waals surface area contributed by atoms with Crippen molar-refractivity contribution in [3.8, 4) is 17.2 Å². The number of halogens is 1. The average Bonchev–Trinajstić information content (AvgIpc) is 3.26. The fourth-order valence-corrected chi connectivity index (χ4v) is 3.47. The lowest BCUT2D eigenvalue weighted by atomic mass is 10.1. The number of carbonyl (C=O) groups excluding carboxylic acids is 1. The molecular formula is C20H21FN2O4. The molecule has 2 aliphatic rings. The van der Waals surface area contributed by atoms with Gasteiger partial charge >= 0.3 is 0 Å². The lowest BCUT2D eigenvalue weighted by Crippen LogP contribution is -2.32. The molecule has 0 spiro atoms. The number of nitrogens with zero attached hydrogens (tertiary/aromatic N) is 1. The van der Waals surface area contributed by atoms with E-state index in [-0.39, 0.29) is 24.6 Å². The zero-order valence-electron chi connectivity index (χ0n) is 15.0. The van der Waals surface area contributed by atoms with E-state index < -0.39 is 0 Å². The first-order valence-corrected chi connectivity index (χ1v) is 8.84. The number of amides is 1. The quantitative estimate of drug-likeness (QED) is 0.844. The second kappa shape index (κ2) is 7.44. The number of benzene rings is 2. The van der Waals surface area contributed by atoms with Crippen LogP contribution in [0.4, 0.5) is 4.39 Å². The Bertz CT molecular complexity index is 858. The molecule has 1 atom stereocenters. The molecule has 2 aromatic carbocycles. The number of rotatable bonds is 6. The van der Waals surface area contributed by atoms with Crippen molar-refractivity contribution in [2.75, 3.05) is 20.4 Å². The van der Waals surface area contributed by atoms with Crippen LogP contribution in [-0.4, -0.2) is 37.3 Å². The van der Waals surface area contributed by atoms with E-state index >= 15 is 0 Å². The molecule has 2 aromatic rings. The monoisotopic (exact) mass is 372 g/mol. The summed E-state index contributed by atoms with van der Waals surface area (Å²) < 4.78 is 29.5. The zero-order valence-corrected chi connectivity index (χ0v) is 15.0. The molecule has 0 aliphatic carbocycles. The van der Waals surface area contributed by atoms with Crippen LogP contribution in [0.15, 0.2) is 36.4 Å². The van der Waals surface area contributed by atoms with Crippen LogP contribution >= 0.6 is 0 Å². The van der Waals surface area contributed by atoms with Crippen LogP contribution in [0.1, 0.15) is 17.5 Å². The Morgan fingerprint density at radius 3 is 2.96 bits per heavy atom. The normalized spacial score (nSPS) is 18.2. The molecule has 2 heterocycles. The van der Waals surface area contributed by atoms with Crippen LogP contribution in [0.25, 0.3) is 0 Å². The Labute approximate surface area is 156 Å². The molecule has 0 bridgehead atoms. The van der Waals surface area contributed by atoms with Gasteiger partial charge in [0.15, 0.2) is 11.5 Å². The van der Waals surface area contributed by atoms with E-state index in [2.05, 4.69) is 5.32 Å². The van der Waals surface area contributed by atoms with Crippen molar-refractivity contribution in [1.29, 1.82) is 0 Å². The van der Waals surface area contributed by atoms with E-state index in [0.29, 0.717) is 43.3 Å². The molecule has 4 rings (SSSR count). The lowest BCUT2D eigenvalue weighted by Gasteiger charge is -2.17. The standard InChI is InChI=1S/C20H21FN2O4/c1-25-17-6-14(7-18-20(17)27-12-26-18)9-22-16-8-19(24)23(11-16)10-13-3-2-4-15(21)5-13/h2-7,16,22H,8-12H2,1H3/t16-/m1/s1. The number of ether oxygens (including phenoxy) is 3. The van der Waals surface area contributed by atoms with Gasteiger partial charge in [0.25, 0.3) is 0 Å². The highest BCUT2D eigenvalue weighted by atomic mass is 19.1. The first kappa shape index (κ1) is 17.6. The molecule has 6 nitrogen and oxygen atoms in total. The van der Waals surface area contributed by atoms with E-state index in [9.17, 15) is 9.18 Å². The average molecular weight is 372 g/mol. The Morgan fingerprint density at radius 1 is 1.26 bits per heavy atom. The molecular weight excluding hydrogens is 351 g/mol. The van der Waals surface area contributed by atoms with E-state index in [1.54, 1.807) is 18.1 Å². The number of nitrogens with one attached hydrogen (secondary N) is 1. The van der Waals surface area contributed by atoms with Crippen LogP contribution in [0.3, 0.4) is 0 Å². The minimum absolute atomic E-state index is 0.0440. The van der Waals surface area contributed by atoms with Gasteiger partial charge in [0.05, 0.1) is 7.11 Å². The van der Waals surface area contributed by atoms with Crippen LogP contribution in [-0.2, 0) is 17.9 Å². The Kier molecular flexibility index (Phi) is 4.85. The number of fused-ring (bicyclic) bond motifs is 1. The number of likely N-dealkylation sites (tertiary alicyclic amines) is 1. The highest BCUT2D eigenvalue weighted by molar-refractivity contribution is 5.79. The van der Waals surface area contributed by atoms with Crippen molar-refractivity contribution < 1.29 is 23.4 Å². The molecule has 1 amide bonds. The summed E-state index contributed by atoms with van der Waals surface area (Å²) in [7, 11) is 1.59. The predicted octanol–water partition coefficient (Wildman–Crippen LogP) is 2.45. The van der Waals surface area contributed by atoms with Gasteiger partial charge in [0.2, 0.25) is 18.4 Å². The predicted molar refractivity (Wildman–Crippen MR) is 96.2 cm³/mol. The van der Waals surface area contributed by atoms with Crippen molar-refractivity contribution in [3.05, 3.63) is 53.3 Å². The largest absolute Gasteiger partial charge is 0.493 e.